The van der Waals surface area contributed by atoms with Crippen molar-refractivity contribution < 1.29 is 4.79 Å². The summed E-state index contributed by atoms with van der Waals surface area (Å²) in [7, 11) is 0. The van der Waals surface area contributed by atoms with Crippen LogP contribution < -0.4 is 10.6 Å². The minimum absolute atomic E-state index is 0. The zero-order valence-corrected chi connectivity index (χ0v) is 14.0. The molecule has 0 radical (unpaired) electrons. The highest BCUT2D eigenvalue weighted by Gasteiger charge is 2.19. The molecule has 1 atom stereocenters. The molecule has 1 saturated heterocycles. The number of carbonyl (C=O) groups is 1. The van der Waals surface area contributed by atoms with E-state index in [9.17, 15) is 4.79 Å². The number of carbonyl (C=O) groups excluding carboxylic acids is 1. The number of hydrogen-bond acceptors (Lipinski definition) is 4. The van der Waals surface area contributed by atoms with Crippen LogP contribution in [0.3, 0.4) is 0 Å². The summed E-state index contributed by atoms with van der Waals surface area (Å²) in [6.45, 7) is 3.84. The number of aromatic nitrogens is 3. The van der Waals surface area contributed by atoms with Gasteiger partial charge in [-0.2, -0.15) is 0 Å². The molecule has 0 bridgehead atoms. The second kappa shape index (κ2) is 8.08. The molecule has 7 heteroatoms. The summed E-state index contributed by atoms with van der Waals surface area (Å²) in [5, 5.41) is 14.5. The van der Waals surface area contributed by atoms with Crippen LogP contribution in [0.25, 0.3) is 11.4 Å². The molecule has 1 amide bonds. The van der Waals surface area contributed by atoms with Gasteiger partial charge in [-0.15, -0.1) is 22.6 Å². The van der Waals surface area contributed by atoms with E-state index < -0.39 is 0 Å². The number of para-hydroxylation sites is 1. The fraction of sp³-hybridized carbons (Fsp3) is 0.438. The third-order valence-electron chi connectivity index (χ3n) is 3.99. The van der Waals surface area contributed by atoms with E-state index in [-0.39, 0.29) is 18.3 Å². The molecule has 1 aromatic carbocycles. The Morgan fingerprint density at radius 3 is 3.00 bits per heavy atom. The van der Waals surface area contributed by atoms with Crippen molar-refractivity contribution in [2.24, 2.45) is 0 Å². The molecule has 0 spiro atoms. The largest absolute Gasteiger partial charge is 0.325 e. The lowest BCUT2D eigenvalue weighted by Gasteiger charge is -2.13. The van der Waals surface area contributed by atoms with Crippen LogP contribution in [-0.4, -0.2) is 33.3 Å². The Bertz CT molecular complexity index is 651. The predicted molar refractivity (Wildman–Crippen MR) is 92.7 cm³/mol. The smallest absolute Gasteiger partial charge is 0.225 e. The van der Waals surface area contributed by atoms with Crippen LogP contribution in [0.4, 0.5) is 5.69 Å². The van der Waals surface area contributed by atoms with E-state index in [0.29, 0.717) is 12.5 Å². The van der Waals surface area contributed by atoms with E-state index in [1.54, 1.807) is 6.33 Å². The normalized spacial score (nSPS) is 16.8. The summed E-state index contributed by atoms with van der Waals surface area (Å²) in [5.41, 5.74) is 1.68. The van der Waals surface area contributed by atoms with Crippen molar-refractivity contribution in [1.29, 1.82) is 0 Å². The third-order valence-corrected chi connectivity index (χ3v) is 3.99. The number of amides is 1. The van der Waals surface area contributed by atoms with Crippen LogP contribution >= 0.6 is 12.4 Å². The van der Waals surface area contributed by atoms with Crippen LogP contribution in [0.15, 0.2) is 30.6 Å². The molecule has 2 N–H and O–H groups in total. The van der Waals surface area contributed by atoms with E-state index in [0.717, 1.165) is 43.0 Å². The topological polar surface area (TPSA) is 71.8 Å². The summed E-state index contributed by atoms with van der Waals surface area (Å²) in [6.07, 6.45) is 4.43. The first-order valence-electron chi connectivity index (χ1n) is 7.78. The molecule has 1 fully saturated rings. The number of hydrogen-bond donors (Lipinski definition) is 2. The number of anilines is 1. The number of nitrogens with one attached hydrogen (secondary N) is 2. The van der Waals surface area contributed by atoms with Crippen molar-refractivity contribution in [1.82, 2.24) is 20.1 Å². The maximum absolute atomic E-state index is 12.3. The first kappa shape index (κ1) is 17.4. The van der Waals surface area contributed by atoms with E-state index in [4.69, 9.17) is 0 Å². The number of halogens is 1. The van der Waals surface area contributed by atoms with Crippen molar-refractivity contribution in [3.63, 3.8) is 0 Å². The fourth-order valence-corrected chi connectivity index (χ4v) is 2.84. The molecule has 3 rings (SSSR count). The van der Waals surface area contributed by atoms with Gasteiger partial charge in [-0.1, -0.05) is 12.1 Å². The Kier molecular flexibility index (Phi) is 6.12. The monoisotopic (exact) mass is 335 g/mol. The van der Waals surface area contributed by atoms with E-state index in [1.165, 1.54) is 0 Å². The van der Waals surface area contributed by atoms with Gasteiger partial charge in [-0.3, -0.25) is 4.79 Å². The van der Waals surface area contributed by atoms with Crippen molar-refractivity contribution in [3.8, 4) is 11.4 Å². The van der Waals surface area contributed by atoms with Gasteiger partial charge in [0.2, 0.25) is 5.91 Å². The van der Waals surface area contributed by atoms with Gasteiger partial charge in [-0.05, 0) is 38.4 Å². The van der Waals surface area contributed by atoms with Crippen molar-refractivity contribution in [2.45, 2.75) is 38.8 Å². The maximum atomic E-state index is 12.3. The molecule has 1 aromatic heterocycles. The lowest BCUT2D eigenvalue weighted by Crippen LogP contribution is -2.27. The lowest BCUT2D eigenvalue weighted by atomic mass is 10.1. The van der Waals surface area contributed by atoms with Gasteiger partial charge in [0, 0.05) is 24.6 Å². The van der Waals surface area contributed by atoms with E-state index in [1.807, 2.05) is 35.8 Å². The summed E-state index contributed by atoms with van der Waals surface area (Å²) in [5.74, 6) is 0.812. The van der Waals surface area contributed by atoms with E-state index >= 15 is 0 Å². The van der Waals surface area contributed by atoms with Crippen molar-refractivity contribution in [2.75, 3.05) is 11.9 Å². The summed E-state index contributed by atoms with van der Waals surface area (Å²) in [6, 6.07) is 8.02. The molecule has 124 valence electrons. The van der Waals surface area contributed by atoms with Crippen LogP contribution in [-0.2, 0) is 11.3 Å². The Labute approximate surface area is 142 Å². The van der Waals surface area contributed by atoms with Crippen LogP contribution in [0.5, 0.6) is 0 Å². The second-order valence-corrected chi connectivity index (χ2v) is 5.53. The number of nitrogens with zero attached hydrogens (tertiary/aromatic N) is 3. The van der Waals surface area contributed by atoms with Gasteiger partial charge >= 0.3 is 0 Å². The number of aryl methyl sites for hydroxylation is 1. The molecule has 2 aromatic rings. The summed E-state index contributed by atoms with van der Waals surface area (Å²) >= 11 is 0. The highest BCUT2D eigenvalue weighted by atomic mass is 35.5. The fourth-order valence-electron chi connectivity index (χ4n) is 2.84. The Morgan fingerprint density at radius 2 is 2.26 bits per heavy atom. The van der Waals surface area contributed by atoms with Crippen LogP contribution in [0.2, 0.25) is 0 Å². The molecule has 2 heterocycles. The number of benzene rings is 1. The van der Waals surface area contributed by atoms with Gasteiger partial charge in [-0.25, -0.2) is 0 Å². The molecule has 23 heavy (non-hydrogen) atoms. The van der Waals surface area contributed by atoms with Crippen molar-refractivity contribution >= 4 is 24.0 Å². The highest BCUT2D eigenvalue weighted by molar-refractivity contribution is 5.95. The molecule has 6 nitrogen and oxygen atoms in total. The average Bonchev–Trinajstić information content (AvgIpc) is 3.18. The summed E-state index contributed by atoms with van der Waals surface area (Å²) < 4.78 is 1.96. The average molecular weight is 336 g/mol. The quantitative estimate of drug-likeness (QED) is 0.880. The predicted octanol–water partition coefficient (Wildman–Crippen LogP) is 2.47. The summed E-state index contributed by atoms with van der Waals surface area (Å²) in [4.78, 5) is 12.3. The molecule has 1 aliphatic heterocycles. The maximum Gasteiger partial charge on any atom is 0.225 e. The zero-order valence-electron chi connectivity index (χ0n) is 13.2. The minimum atomic E-state index is 0. The first-order valence-corrected chi connectivity index (χ1v) is 7.78. The third kappa shape index (κ3) is 4.09. The van der Waals surface area contributed by atoms with Gasteiger partial charge < -0.3 is 15.2 Å². The lowest BCUT2D eigenvalue weighted by molar-refractivity contribution is -0.116. The molecule has 0 saturated carbocycles. The Hall–Kier alpha value is -1.92. The molecular formula is C16H22ClN5O. The number of rotatable bonds is 5. The van der Waals surface area contributed by atoms with Gasteiger partial charge in [0.05, 0.1) is 5.69 Å². The van der Waals surface area contributed by atoms with Gasteiger partial charge in [0.25, 0.3) is 0 Å². The molecular weight excluding hydrogens is 314 g/mol. The van der Waals surface area contributed by atoms with Crippen molar-refractivity contribution in [3.05, 3.63) is 30.6 Å². The highest BCUT2D eigenvalue weighted by Crippen LogP contribution is 2.26. The minimum Gasteiger partial charge on any atom is -0.325 e. The molecule has 1 unspecified atom stereocenters. The zero-order chi connectivity index (χ0) is 15.4. The first-order chi connectivity index (χ1) is 10.8. The molecule has 1 aliphatic rings. The standard InChI is InChI=1S/C16H21N5O.ClH/c1-2-21-11-18-20-16(21)13-7-3-4-8-14(13)19-15(22)10-12-6-5-9-17-12;/h3-4,7-8,11-12,17H,2,5-6,9-10H2,1H3,(H,19,22);1H. The Balaban J connectivity index is 0.00000192. The molecule has 0 aliphatic carbocycles. The van der Waals surface area contributed by atoms with Crippen LogP contribution in [0, 0.1) is 0 Å². The van der Waals surface area contributed by atoms with Crippen LogP contribution in [0.1, 0.15) is 26.2 Å². The Morgan fingerprint density at radius 1 is 1.43 bits per heavy atom. The van der Waals surface area contributed by atoms with E-state index in [2.05, 4.69) is 20.8 Å². The second-order valence-electron chi connectivity index (χ2n) is 5.53. The van der Waals surface area contributed by atoms with Gasteiger partial charge in [0.15, 0.2) is 5.82 Å². The van der Waals surface area contributed by atoms with Gasteiger partial charge in [0.1, 0.15) is 6.33 Å². The SMILES string of the molecule is CCn1cnnc1-c1ccccc1NC(=O)CC1CCCN1.Cl.